The van der Waals surface area contributed by atoms with Crippen LogP contribution in [0.5, 0.6) is 5.75 Å². The van der Waals surface area contributed by atoms with Crippen molar-refractivity contribution in [2.24, 2.45) is 0 Å². The smallest absolute Gasteiger partial charge is 0.142 e. The molecular formula is C15H14ClNO. The van der Waals surface area contributed by atoms with Crippen LogP contribution in [0.4, 0.5) is 5.69 Å². The number of ether oxygens (including phenoxy) is 1. The van der Waals surface area contributed by atoms with Gasteiger partial charge in [0.05, 0.1) is 18.8 Å². The number of rotatable bonds is 2. The van der Waals surface area contributed by atoms with E-state index in [1.165, 1.54) is 11.1 Å². The molecule has 0 aliphatic carbocycles. The first-order chi connectivity index (χ1) is 8.78. The van der Waals surface area contributed by atoms with Crippen LogP contribution in [-0.2, 0) is 6.42 Å². The minimum Gasteiger partial charge on any atom is -0.495 e. The number of halogens is 1. The number of anilines is 1. The molecule has 1 heterocycles. The Balaban J connectivity index is 1.91. The third-order valence-corrected chi connectivity index (χ3v) is 3.60. The van der Waals surface area contributed by atoms with Gasteiger partial charge in [-0.25, -0.2) is 0 Å². The molecule has 18 heavy (non-hydrogen) atoms. The number of nitrogens with one attached hydrogen (secondary N) is 1. The van der Waals surface area contributed by atoms with E-state index in [2.05, 4.69) is 23.5 Å². The summed E-state index contributed by atoms with van der Waals surface area (Å²) in [6.45, 7) is 0. The maximum absolute atomic E-state index is 5.91. The molecule has 0 fully saturated rings. The van der Waals surface area contributed by atoms with Gasteiger partial charge in [0.2, 0.25) is 0 Å². The zero-order valence-electron chi connectivity index (χ0n) is 10.1. The summed E-state index contributed by atoms with van der Waals surface area (Å²) in [4.78, 5) is 0. The van der Waals surface area contributed by atoms with E-state index in [0.717, 1.165) is 22.9 Å². The molecule has 1 aliphatic rings. The molecule has 0 saturated heterocycles. The third kappa shape index (κ3) is 1.93. The van der Waals surface area contributed by atoms with Crippen LogP contribution in [0.25, 0.3) is 0 Å². The van der Waals surface area contributed by atoms with Crippen molar-refractivity contribution in [2.45, 2.75) is 12.5 Å². The number of hydrogen-bond donors (Lipinski definition) is 1. The van der Waals surface area contributed by atoms with Crippen molar-refractivity contribution in [3.63, 3.8) is 0 Å². The summed E-state index contributed by atoms with van der Waals surface area (Å²) in [7, 11) is 1.70. The predicted octanol–water partition coefficient (Wildman–Crippen LogP) is 4.06. The SMILES string of the molecule is COc1cccc2c1NC(c1ccc(Cl)cc1)C2. The normalized spacial score (nSPS) is 17.1. The summed E-state index contributed by atoms with van der Waals surface area (Å²) in [6.07, 6.45) is 0.980. The summed E-state index contributed by atoms with van der Waals surface area (Å²) in [6, 6.07) is 14.4. The van der Waals surface area contributed by atoms with Crippen LogP contribution in [0.1, 0.15) is 17.2 Å². The summed E-state index contributed by atoms with van der Waals surface area (Å²) in [5.41, 5.74) is 3.66. The molecule has 3 rings (SSSR count). The van der Waals surface area contributed by atoms with Crippen LogP contribution in [0, 0.1) is 0 Å². The van der Waals surface area contributed by atoms with Crippen molar-refractivity contribution in [3.8, 4) is 5.75 Å². The van der Waals surface area contributed by atoms with E-state index in [9.17, 15) is 0 Å². The van der Waals surface area contributed by atoms with Crippen LogP contribution in [0.3, 0.4) is 0 Å². The summed E-state index contributed by atoms with van der Waals surface area (Å²) < 4.78 is 5.38. The molecular weight excluding hydrogens is 246 g/mol. The van der Waals surface area contributed by atoms with Gasteiger partial charge in [-0.15, -0.1) is 0 Å². The topological polar surface area (TPSA) is 21.3 Å². The third-order valence-electron chi connectivity index (χ3n) is 3.35. The lowest BCUT2D eigenvalue weighted by atomic mass is 10.0. The van der Waals surface area contributed by atoms with Crippen LogP contribution in [0.2, 0.25) is 5.02 Å². The van der Waals surface area contributed by atoms with Gasteiger partial charge in [-0.05, 0) is 35.7 Å². The first kappa shape index (κ1) is 11.4. The molecule has 1 N–H and O–H groups in total. The zero-order valence-corrected chi connectivity index (χ0v) is 10.9. The molecule has 1 unspecified atom stereocenters. The Bertz CT molecular complexity index is 565. The lowest BCUT2D eigenvalue weighted by Crippen LogP contribution is -2.05. The monoisotopic (exact) mass is 259 g/mol. The highest BCUT2D eigenvalue weighted by Gasteiger charge is 2.24. The molecule has 0 aromatic heterocycles. The largest absolute Gasteiger partial charge is 0.495 e. The van der Waals surface area contributed by atoms with Gasteiger partial charge in [0.15, 0.2) is 0 Å². The zero-order chi connectivity index (χ0) is 12.5. The average molecular weight is 260 g/mol. The van der Waals surface area contributed by atoms with Crippen molar-refractivity contribution >= 4 is 17.3 Å². The highest BCUT2D eigenvalue weighted by molar-refractivity contribution is 6.30. The first-order valence-corrected chi connectivity index (χ1v) is 6.33. The van der Waals surface area contributed by atoms with Gasteiger partial charge in [-0.2, -0.15) is 0 Å². The molecule has 0 bridgehead atoms. The molecule has 92 valence electrons. The lowest BCUT2D eigenvalue weighted by molar-refractivity contribution is 0.416. The molecule has 1 aliphatic heterocycles. The molecule has 0 spiro atoms. The maximum Gasteiger partial charge on any atom is 0.142 e. The Morgan fingerprint density at radius 2 is 1.94 bits per heavy atom. The van der Waals surface area contributed by atoms with E-state index in [4.69, 9.17) is 16.3 Å². The van der Waals surface area contributed by atoms with E-state index in [1.54, 1.807) is 7.11 Å². The van der Waals surface area contributed by atoms with Crippen molar-refractivity contribution < 1.29 is 4.74 Å². The fourth-order valence-corrected chi connectivity index (χ4v) is 2.55. The lowest BCUT2D eigenvalue weighted by Gasteiger charge is -2.12. The van der Waals surface area contributed by atoms with E-state index >= 15 is 0 Å². The molecule has 3 heteroatoms. The second kappa shape index (κ2) is 4.54. The van der Waals surface area contributed by atoms with Crippen molar-refractivity contribution in [1.82, 2.24) is 0 Å². The number of methoxy groups -OCH3 is 1. The molecule has 0 saturated carbocycles. The summed E-state index contributed by atoms with van der Waals surface area (Å²) in [5.74, 6) is 0.906. The van der Waals surface area contributed by atoms with Gasteiger partial charge in [-0.1, -0.05) is 35.9 Å². The van der Waals surface area contributed by atoms with E-state index in [-0.39, 0.29) is 0 Å². The fourth-order valence-electron chi connectivity index (χ4n) is 2.42. The Morgan fingerprint density at radius 1 is 1.17 bits per heavy atom. The Morgan fingerprint density at radius 3 is 2.67 bits per heavy atom. The number of benzene rings is 2. The highest BCUT2D eigenvalue weighted by Crippen LogP contribution is 2.40. The predicted molar refractivity (Wildman–Crippen MR) is 74.5 cm³/mol. The second-order valence-electron chi connectivity index (χ2n) is 4.45. The number of hydrogen-bond acceptors (Lipinski definition) is 2. The quantitative estimate of drug-likeness (QED) is 0.878. The van der Waals surface area contributed by atoms with Gasteiger partial charge in [-0.3, -0.25) is 0 Å². The standard InChI is InChI=1S/C15H14ClNO/c1-18-14-4-2-3-11-9-13(17-15(11)14)10-5-7-12(16)8-6-10/h2-8,13,17H,9H2,1H3. The number of para-hydroxylation sites is 1. The first-order valence-electron chi connectivity index (χ1n) is 5.96. The second-order valence-corrected chi connectivity index (χ2v) is 4.88. The minimum atomic E-state index is 0.300. The molecule has 0 amide bonds. The van der Waals surface area contributed by atoms with Gasteiger partial charge in [0.25, 0.3) is 0 Å². The summed E-state index contributed by atoms with van der Waals surface area (Å²) in [5, 5.41) is 4.29. The van der Waals surface area contributed by atoms with Crippen LogP contribution in [-0.4, -0.2) is 7.11 Å². The van der Waals surface area contributed by atoms with Crippen LogP contribution in [0.15, 0.2) is 42.5 Å². The molecule has 2 aromatic rings. The average Bonchev–Trinajstić information content (AvgIpc) is 2.83. The van der Waals surface area contributed by atoms with E-state index in [1.807, 2.05) is 24.3 Å². The summed E-state index contributed by atoms with van der Waals surface area (Å²) >= 11 is 5.91. The van der Waals surface area contributed by atoms with Crippen LogP contribution >= 0.6 is 11.6 Å². The molecule has 0 radical (unpaired) electrons. The van der Waals surface area contributed by atoms with Crippen molar-refractivity contribution in [3.05, 3.63) is 58.6 Å². The Kier molecular flexibility index (Phi) is 2.88. The van der Waals surface area contributed by atoms with Crippen molar-refractivity contribution in [2.75, 3.05) is 12.4 Å². The van der Waals surface area contributed by atoms with Crippen LogP contribution < -0.4 is 10.1 Å². The Hall–Kier alpha value is -1.67. The van der Waals surface area contributed by atoms with Gasteiger partial charge in [0, 0.05) is 5.02 Å². The fraction of sp³-hybridized carbons (Fsp3) is 0.200. The van der Waals surface area contributed by atoms with Gasteiger partial charge < -0.3 is 10.1 Å². The number of fused-ring (bicyclic) bond motifs is 1. The maximum atomic E-state index is 5.91. The molecule has 2 aromatic carbocycles. The van der Waals surface area contributed by atoms with Gasteiger partial charge >= 0.3 is 0 Å². The van der Waals surface area contributed by atoms with Crippen molar-refractivity contribution in [1.29, 1.82) is 0 Å². The molecule has 2 nitrogen and oxygen atoms in total. The Labute approximate surface area is 112 Å². The van der Waals surface area contributed by atoms with Gasteiger partial charge in [0.1, 0.15) is 5.75 Å². The minimum absolute atomic E-state index is 0.300. The highest BCUT2D eigenvalue weighted by atomic mass is 35.5. The van der Waals surface area contributed by atoms with E-state index in [0.29, 0.717) is 6.04 Å². The van der Waals surface area contributed by atoms with E-state index < -0.39 is 0 Å². The molecule has 1 atom stereocenters.